The monoisotopic (exact) mass is 201 g/mol. The summed E-state index contributed by atoms with van der Waals surface area (Å²) in [5, 5.41) is 3.39. The van der Waals surface area contributed by atoms with Gasteiger partial charge < -0.3 is 10.1 Å². The maximum Gasteiger partial charge on any atom is 0.0625 e. The van der Waals surface area contributed by atoms with E-state index < -0.39 is 0 Å². The second-order valence-corrected chi connectivity index (χ2v) is 5.20. The Balaban J connectivity index is 4.23. The van der Waals surface area contributed by atoms with Crippen LogP contribution < -0.4 is 5.32 Å². The third kappa shape index (κ3) is 4.43. The van der Waals surface area contributed by atoms with Gasteiger partial charge in [0.15, 0.2) is 0 Å². The van der Waals surface area contributed by atoms with Crippen LogP contribution in [0, 0.1) is 11.8 Å². The van der Waals surface area contributed by atoms with Crippen LogP contribution in [0.2, 0.25) is 0 Å². The van der Waals surface area contributed by atoms with Crippen molar-refractivity contribution in [1.29, 1.82) is 0 Å². The van der Waals surface area contributed by atoms with Gasteiger partial charge in [-0.2, -0.15) is 0 Å². The van der Waals surface area contributed by atoms with Crippen molar-refractivity contribution in [2.75, 3.05) is 14.2 Å². The van der Waals surface area contributed by atoms with Crippen molar-refractivity contribution < 1.29 is 4.74 Å². The SMILES string of the molecule is CNC(C(C)C)C(C)CC(C)(C)OC. The minimum absolute atomic E-state index is 0.0105. The maximum atomic E-state index is 5.45. The van der Waals surface area contributed by atoms with Crippen molar-refractivity contribution >= 4 is 0 Å². The predicted molar refractivity (Wildman–Crippen MR) is 62.6 cm³/mol. The summed E-state index contributed by atoms with van der Waals surface area (Å²) in [6, 6.07) is 0.574. The van der Waals surface area contributed by atoms with E-state index in [1.165, 1.54) is 0 Å². The number of hydrogen-bond donors (Lipinski definition) is 1. The van der Waals surface area contributed by atoms with Gasteiger partial charge in [-0.1, -0.05) is 20.8 Å². The molecule has 0 amide bonds. The largest absolute Gasteiger partial charge is 0.379 e. The molecule has 2 atom stereocenters. The van der Waals surface area contributed by atoms with E-state index in [9.17, 15) is 0 Å². The first-order chi connectivity index (χ1) is 6.34. The van der Waals surface area contributed by atoms with E-state index in [-0.39, 0.29) is 5.60 Å². The summed E-state index contributed by atoms with van der Waals surface area (Å²) in [4.78, 5) is 0. The van der Waals surface area contributed by atoms with Gasteiger partial charge in [0, 0.05) is 13.2 Å². The number of hydrogen-bond acceptors (Lipinski definition) is 2. The minimum Gasteiger partial charge on any atom is -0.379 e. The number of nitrogens with one attached hydrogen (secondary N) is 1. The fourth-order valence-corrected chi connectivity index (χ4v) is 2.26. The van der Waals surface area contributed by atoms with Crippen LogP contribution >= 0.6 is 0 Å². The third-order valence-electron chi connectivity index (χ3n) is 3.03. The topological polar surface area (TPSA) is 21.3 Å². The van der Waals surface area contributed by atoms with E-state index in [4.69, 9.17) is 4.74 Å². The smallest absolute Gasteiger partial charge is 0.0625 e. The van der Waals surface area contributed by atoms with Crippen LogP contribution in [0.5, 0.6) is 0 Å². The molecule has 0 aliphatic rings. The van der Waals surface area contributed by atoms with E-state index in [1.807, 2.05) is 7.05 Å². The highest BCUT2D eigenvalue weighted by Gasteiger charge is 2.26. The molecule has 86 valence electrons. The lowest BCUT2D eigenvalue weighted by Crippen LogP contribution is -2.40. The van der Waals surface area contributed by atoms with Crippen molar-refractivity contribution in [3.05, 3.63) is 0 Å². The molecule has 2 nitrogen and oxygen atoms in total. The van der Waals surface area contributed by atoms with Crippen molar-refractivity contribution in [3.8, 4) is 0 Å². The van der Waals surface area contributed by atoms with E-state index in [0.29, 0.717) is 17.9 Å². The highest BCUT2D eigenvalue weighted by atomic mass is 16.5. The highest BCUT2D eigenvalue weighted by Crippen LogP contribution is 2.24. The second-order valence-electron chi connectivity index (χ2n) is 5.20. The van der Waals surface area contributed by atoms with Gasteiger partial charge in [0.25, 0.3) is 0 Å². The summed E-state index contributed by atoms with van der Waals surface area (Å²) in [6.07, 6.45) is 1.09. The lowest BCUT2D eigenvalue weighted by atomic mass is 9.84. The van der Waals surface area contributed by atoms with Crippen LogP contribution in [0.3, 0.4) is 0 Å². The Morgan fingerprint density at radius 2 is 1.71 bits per heavy atom. The lowest BCUT2D eigenvalue weighted by molar-refractivity contribution is -0.00204. The molecule has 0 aliphatic heterocycles. The molecule has 14 heavy (non-hydrogen) atoms. The maximum absolute atomic E-state index is 5.45. The fourth-order valence-electron chi connectivity index (χ4n) is 2.26. The van der Waals surface area contributed by atoms with E-state index in [2.05, 4.69) is 39.9 Å². The molecule has 0 saturated carbocycles. The van der Waals surface area contributed by atoms with Crippen LogP contribution in [-0.4, -0.2) is 25.8 Å². The Morgan fingerprint density at radius 1 is 1.21 bits per heavy atom. The van der Waals surface area contributed by atoms with E-state index in [0.717, 1.165) is 6.42 Å². The van der Waals surface area contributed by atoms with Gasteiger partial charge in [-0.15, -0.1) is 0 Å². The average Bonchev–Trinajstić information content (AvgIpc) is 2.03. The number of ether oxygens (including phenoxy) is 1. The quantitative estimate of drug-likeness (QED) is 0.713. The summed E-state index contributed by atoms with van der Waals surface area (Å²) in [5.41, 5.74) is -0.0105. The molecule has 0 aromatic rings. The van der Waals surface area contributed by atoms with Gasteiger partial charge in [-0.05, 0) is 39.2 Å². The minimum atomic E-state index is -0.0105. The fraction of sp³-hybridized carbons (Fsp3) is 1.00. The zero-order chi connectivity index (χ0) is 11.4. The number of methoxy groups -OCH3 is 1. The molecule has 0 aliphatic carbocycles. The number of rotatable bonds is 6. The average molecular weight is 201 g/mol. The van der Waals surface area contributed by atoms with Crippen molar-refractivity contribution in [3.63, 3.8) is 0 Å². The Morgan fingerprint density at radius 3 is 2.00 bits per heavy atom. The van der Waals surface area contributed by atoms with Gasteiger partial charge in [0.05, 0.1) is 5.60 Å². The zero-order valence-electron chi connectivity index (χ0n) is 10.8. The third-order valence-corrected chi connectivity index (χ3v) is 3.03. The van der Waals surface area contributed by atoms with Gasteiger partial charge in [0.2, 0.25) is 0 Å². The first-order valence-electron chi connectivity index (χ1n) is 5.56. The van der Waals surface area contributed by atoms with Crippen molar-refractivity contribution in [1.82, 2.24) is 5.32 Å². The van der Waals surface area contributed by atoms with Crippen LogP contribution in [-0.2, 0) is 4.74 Å². The van der Waals surface area contributed by atoms with E-state index >= 15 is 0 Å². The summed E-state index contributed by atoms with van der Waals surface area (Å²) < 4.78 is 5.45. The lowest BCUT2D eigenvalue weighted by Gasteiger charge is -2.33. The highest BCUT2D eigenvalue weighted by molar-refractivity contribution is 4.81. The Hall–Kier alpha value is -0.0800. The van der Waals surface area contributed by atoms with E-state index in [1.54, 1.807) is 7.11 Å². The first-order valence-corrected chi connectivity index (χ1v) is 5.56. The molecule has 2 unspecified atom stereocenters. The Kier molecular flexibility index (Phi) is 5.68. The Labute approximate surface area is 89.4 Å². The normalized spacial score (nSPS) is 17.1. The van der Waals surface area contributed by atoms with Crippen molar-refractivity contribution in [2.24, 2.45) is 11.8 Å². The second kappa shape index (κ2) is 5.72. The van der Waals surface area contributed by atoms with Crippen molar-refractivity contribution in [2.45, 2.75) is 52.7 Å². The van der Waals surface area contributed by atoms with Crippen LogP contribution in [0.1, 0.15) is 41.0 Å². The summed E-state index contributed by atoms with van der Waals surface area (Å²) in [6.45, 7) is 11.1. The molecule has 0 fully saturated rings. The summed E-state index contributed by atoms with van der Waals surface area (Å²) >= 11 is 0. The zero-order valence-corrected chi connectivity index (χ0v) is 10.8. The molecule has 0 radical (unpaired) electrons. The Bertz CT molecular complexity index is 154. The molecule has 0 heterocycles. The molecule has 0 spiro atoms. The molecular formula is C12H27NO. The molecule has 0 aromatic heterocycles. The van der Waals surface area contributed by atoms with Gasteiger partial charge in [-0.3, -0.25) is 0 Å². The van der Waals surface area contributed by atoms with Crippen LogP contribution in [0.25, 0.3) is 0 Å². The molecule has 0 bridgehead atoms. The summed E-state index contributed by atoms with van der Waals surface area (Å²) in [5.74, 6) is 1.30. The molecule has 0 saturated heterocycles. The standard InChI is InChI=1S/C12H27NO/c1-9(2)11(13-6)10(3)8-12(4,5)14-7/h9-11,13H,8H2,1-7H3. The molecule has 0 aromatic carbocycles. The molecule has 2 heteroatoms. The molecule has 1 N–H and O–H groups in total. The summed E-state index contributed by atoms with van der Waals surface area (Å²) in [7, 11) is 3.83. The van der Waals surface area contributed by atoms with Gasteiger partial charge >= 0.3 is 0 Å². The van der Waals surface area contributed by atoms with Gasteiger partial charge in [-0.25, -0.2) is 0 Å². The van der Waals surface area contributed by atoms with Gasteiger partial charge in [0.1, 0.15) is 0 Å². The first kappa shape index (κ1) is 13.9. The van der Waals surface area contributed by atoms with Crippen LogP contribution in [0.4, 0.5) is 0 Å². The molecular weight excluding hydrogens is 174 g/mol. The predicted octanol–water partition coefficient (Wildman–Crippen LogP) is 2.68. The molecule has 0 rings (SSSR count). The van der Waals surface area contributed by atoms with Crippen LogP contribution in [0.15, 0.2) is 0 Å².